The van der Waals surface area contributed by atoms with Crippen molar-refractivity contribution in [2.75, 3.05) is 0 Å². The first-order valence-corrected chi connectivity index (χ1v) is 34.9. The van der Waals surface area contributed by atoms with Gasteiger partial charge in [-0.25, -0.2) is 38.2 Å². The quantitative estimate of drug-likeness (QED) is 0.138. The third-order valence-electron chi connectivity index (χ3n) is 20.0. The lowest BCUT2D eigenvalue weighted by Gasteiger charge is -2.12. The van der Waals surface area contributed by atoms with Crippen LogP contribution in [0.5, 0.6) is 0 Å². The molecular formula is C90H96N8O4+4. The predicted octanol–water partition coefficient (Wildman–Crippen LogP) is 21.5. The lowest BCUT2D eigenvalue weighted by molar-refractivity contribution is -0.661. The number of aryl methyl sites for hydroxylation is 14. The molecule has 12 nitrogen and oxygen atoms in total. The number of nitrogens with zero attached hydrogens (tertiary/aromatic N) is 8. The highest BCUT2D eigenvalue weighted by molar-refractivity contribution is 6.12. The van der Waals surface area contributed by atoms with Gasteiger partial charge in [-0.2, -0.15) is 0 Å². The normalized spacial score (nSPS) is 14.3. The van der Waals surface area contributed by atoms with Crippen LogP contribution in [-0.4, -0.2) is 19.9 Å². The number of hydrogen-bond acceptors (Lipinski definition) is 8. The number of fused-ring (bicyclic) bond motifs is 12. The molecule has 516 valence electrons. The molecule has 0 aliphatic heterocycles. The molecular weight excluding hydrogens is 1260 g/mol. The fourth-order valence-corrected chi connectivity index (χ4v) is 14.7. The highest BCUT2D eigenvalue weighted by Gasteiger charge is 2.28. The second-order valence-corrected chi connectivity index (χ2v) is 28.4. The van der Waals surface area contributed by atoms with Gasteiger partial charge in [0.25, 0.3) is 0 Å². The Morgan fingerprint density at radius 1 is 0.324 bits per heavy atom. The van der Waals surface area contributed by atoms with E-state index in [4.69, 9.17) is 28.6 Å². The summed E-state index contributed by atoms with van der Waals surface area (Å²) in [4.78, 5) is 17.8. The van der Waals surface area contributed by atoms with E-state index in [9.17, 15) is 0 Å². The monoisotopic (exact) mass is 1360 g/mol. The van der Waals surface area contributed by atoms with E-state index in [1.807, 2.05) is 125 Å². The van der Waals surface area contributed by atoms with Crippen molar-refractivity contribution in [2.24, 2.45) is 28.2 Å². The highest BCUT2D eigenvalue weighted by atomic mass is 16.4. The van der Waals surface area contributed by atoms with Crippen molar-refractivity contribution in [1.82, 2.24) is 19.9 Å². The Hall–Kier alpha value is -10.7. The molecule has 0 N–H and O–H groups in total. The van der Waals surface area contributed by atoms with E-state index >= 15 is 0 Å². The minimum atomic E-state index is -2.43. The summed E-state index contributed by atoms with van der Waals surface area (Å²) < 4.78 is 96.6. The van der Waals surface area contributed by atoms with Crippen molar-refractivity contribution in [3.8, 4) is 45.0 Å². The number of rotatable bonds is 8. The van der Waals surface area contributed by atoms with Gasteiger partial charge >= 0.3 is 0 Å². The molecule has 0 saturated carbocycles. The average molecular weight is 1360 g/mol. The molecule has 0 amide bonds. The molecule has 12 aromatic heterocycles. The lowest BCUT2D eigenvalue weighted by Crippen LogP contribution is -2.32. The zero-order chi connectivity index (χ0) is 79.4. The summed E-state index contributed by atoms with van der Waals surface area (Å²) in [7, 11) is 7.96. The van der Waals surface area contributed by atoms with Crippen molar-refractivity contribution in [2.45, 2.75) is 148 Å². The van der Waals surface area contributed by atoms with Crippen LogP contribution in [0.2, 0.25) is 0 Å². The predicted molar refractivity (Wildman–Crippen MR) is 416 cm³/mol. The SMILES string of the molecule is Cc1c[n+](C)c(-c2c(C)ccc3c2oc2ncccc23)cc1C(C)C.Cc1ccc2c(n1)oc1c(-c3cc(C)c(C(C)C)c[n+]3C)c(C)ccc12.[2H]C([2H])([2H])C([2H])(C)c1c[n+](C)c(-c2c(C)ccc3c2oc2nc(C)ccc23)cc1C.[2H]C([2H])([2H])C([2H])(C)c1c[n+](C)c(-c2c(C)ccc3c2oc2ncccc23)cc1C. The Morgan fingerprint density at radius 3 is 0.980 bits per heavy atom. The van der Waals surface area contributed by atoms with Crippen molar-refractivity contribution < 1.29 is 46.9 Å². The average Bonchev–Trinajstić information content (AvgIpc) is 1.39. The van der Waals surface area contributed by atoms with E-state index in [0.29, 0.717) is 45.8 Å². The fourth-order valence-electron chi connectivity index (χ4n) is 14.7. The van der Waals surface area contributed by atoms with Crippen molar-refractivity contribution >= 4 is 88.3 Å². The van der Waals surface area contributed by atoms with Crippen LogP contribution in [-0.2, 0) is 28.2 Å². The third-order valence-corrected chi connectivity index (χ3v) is 20.0. The number of hydrogen-bond donors (Lipinski definition) is 0. The smallest absolute Gasteiger partial charge is 0.227 e. The molecule has 0 bridgehead atoms. The number of pyridine rings is 8. The first kappa shape index (κ1) is 60.1. The van der Waals surface area contributed by atoms with Crippen LogP contribution in [0.25, 0.3) is 133 Å². The Bertz CT molecular complexity index is 6350. The van der Waals surface area contributed by atoms with Gasteiger partial charge in [0.1, 0.15) is 28.2 Å². The minimum Gasteiger partial charge on any atom is -0.437 e. The Balaban J connectivity index is 0.000000129. The number of benzene rings is 4. The van der Waals surface area contributed by atoms with Gasteiger partial charge in [-0.1, -0.05) is 104 Å². The highest BCUT2D eigenvalue weighted by Crippen LogP contribution is 2.42. The molecule has 0 aliphatic rings. The first-order valence-electron chi connectivity index (χ1n) is 38.9. The molecule has 0 radical (unpaired) electrons. The molecule has 2 atom stereocenters. The summed E-state index contributed by atoms with van der Waals surface area (Å²) in [6.45, 7) is 27.3. The van der Waals surface area contributed by atoms with Crippen molar-refractivity contribution in [3.05, 3.63) is 237 Å². The molecule has 0 fully saturated rings. The van der Waals surface area contributed by atoms with Crippen LogP contribution >= 0.6 is 0 Å². The number of furan rings is 4. The minimum absolute atomic E-state index is 0.483. The van der Waals surface area contributed by atoms with E-state index in [0.717, 1.165) is 133 Å². The molecule has 12 heteroatoms. The van der Waals surface area contributed by atoms with E-state index in [1.165, 1.54) is 58.6 Å². The molecule has 16 rings (SSSR count). The van der Waals surface area contributed by atoms with Gasteiger partial charge in [-0.15, -0.1) is 0 Å². The largest absolute Gasteiger partial charge is 0.437 e. The molecule has 2 unspecified atom stereocenters. The zero-order valence-electron chi connectivity index (χ0n) is 70.4. The second-order valence-electron chi connectivity index (χ2n) is 28.4. The summed E-state index contributed by atoms with van der Waals surface area (Å²) in [5.41, 5.74) is 28.6. The molecule has 0 aliphatic carbocycles. The Morgan fingerprint density at radius 2 is 0.627 bits per heavy atom. The van der Waals surface area contributed by atoms with Crippen LogP contribution < -0.4 is 18.3 Å². The van der Waals surface area contributed by atoms with Gasteiger partial charge in [0.2, 0.25) is 45.6 Å². The maximum atomic E-state index is 8.50. The van der Waals surface area contributed by atoms with E-state index in [2.05, 4.69) is 172 Å². The van der Waals surface area contributed by atoms with Gasteiger partial charge in [0.15, 0.2) is 47.1 Å². The van der Waals surface area contributed by atoms with Gasteiger partial charge in [0, 0.05) is 124 Å². The maximum Gasteiger partial charge on any atom is 0.227 e. The molecule has 102 heavy (non-hydrogen) atoms. The van der Waals surface area contributed by atoms with E-state index in [1.54, 1.807) is 24.8 Å². The van der Waals surface area contributed by atoms with Crippen molar-refractivity contribution in [1.29, 1.82) is 0 Å². The van der Waals surface area contributed by atoms with Crippen LogP contribution in [0.15, 0.2) is 176 Å². The molecule has 4 aromatic carbocycles. The van der Waals surface area contributed by atoms with Crippen LogP contribution in [0.3, 0.4) is 0 Å². The van der Waals surface area contributed by atoms with Gasteiger partial charge < -0.3 is 17.7 Å². The van der Waals surface area contributed by atoms with Gasteiger partial charge in [-0.05, 0) is 186 Å². The molecule has 0 spiro atoms. The Kier molecular flexibility index (Phi) is 16.3. The standard InChI is InChI=1S/2C23H25N2O.2C22H23N2O/c2*1-13(2)19-12-25(6)20(11-15(19)4)21-14(3)7-9-17-18-10-8-16(5)24-23(18)26-22(17)21;1-13(2)18-11-19(24(5)12-15(18)4)20-14(3)8-9-16-17-7-6-10-23-22(17)25-21(16)20;1-13(2)18-12-24(5)19(11-15(18)4)20-14(3)8-9-16-17-7-6-10-23-22(17)25-21(16)20/h2*7-13H,1-6H3;2*6-13H,1-5H3/q4*+1/i1D3,13D;;;1D3,13D. The topological polar surface area (TPSA) is 120 Å². The summed E-state index contributed by atoms with van der Waals surface area (Å²) in [6.07, 6.45) is 11.5. The van der Waals surface area contributed by atoms with E-state index in [-0.39, 0.29) is 0 Å². The van der Waals surface area contributed by atoms with Gasteiger partial charge in [0.05, 0.1) is 22.3 Å². The van der Waals surface area contributed by atoms with Crippen molar-refractivity contribution in [3.63, 3.8) is 0 Å². The number of aromatic nitrogens is 8. The summed E-state index contributed by atoms with van der Waals surface area (Å²) in [5.74, 6) is -2.41. The lowest BCUT2D eigenvalue weighted by atomic mass is 9.94. The van der Waals surface area contributed by atoms with Crippen LogP contribution in [0.1, 0.15) is 168 Å². The van der Waals surface area contributed by atoms with E-state index < -0.39 is 25.5 Å². The molecule has 12 heterocycles. The summed E-state index contributed by atoms with van der Waals surface area (Å²) >= 11 is 0. The van der Waals surface area contributed by atoms with Crippen LogP contribution in [0.4, 0.5) is 0 Å². The summed E-state index contributed by atoms with van der Waals surface area (Å²) in [6, 6.07) is 41.4. The van der Waals surface area contributed by atoms with Crippen LogP contribution in [0, 0.1) is 69.2 Å². The fraction of sp³-hybridized carbons (Fsp3) is 0.289. The molecule has 0 saturated heterocycles. The first-order chi connectivity index (χ1) is 51.8. The summed E-state index contributed by atoms with van der Waals surface area (Å²) in [5, 5.41) is 8.29. The maximum absolute atomic E-state index is 8.50. The molecule has 16 aromatic rings. The third kappa shape index (κ3) is 12.8. The Labute approximate surface area is 610 Å². The zero-order valence-corrected chi connectivity index (χ0v) is 62.4. The van der Waals surface area contributed by atoms with Gasteiger partial charge in [-0.3, -0.25) is 0 Å². The second kappa shape index (κ2) is 27.7.